The Morgan fingerprint density at radius 3 is 2.22 bits per heavy atom. The molecule has 0 fully saturated rings. The highest BCUT2D eigenvalue weighted by Crippen LogP contribution is 2.09. The second kappa shape index (κ2) is 14.5. The summed E-state index contributed by atoms with van der Waals surface area (Å²) in [6.45, 7) is 4.79. The third kappa shape index (κ3) is 13.0. The quantitative estimate of drug-likeness (QED) is 0.375. The summed E-state index contributed by atoms with van der Waals surface area (Å²) in [6.07, 6.45) is 5.70. The van der Waals surface area contributed by atoms with Gasteiger partial charge in [0.2, 0.25) is 5.91 Å². The maximum absolute atomic E-state index is 12.0. The number of nitrogens with zero attached hydrogens (tertiary/aromatic N) is 1. The lowest BCUT2D eigenvalue weighted by Gasteiger charge is -2.20. The van der Waals surface area contributed by atoms with E-state index in [4.69, 9.17) is 14.9 Å². The molecule has 0 aromatic rings. The number of unbranched alkanes of at least 4 members (excludes halogenated alkanes) is 4. The summed E-state index contributed by atoms with van der Waals surface area (Å²) in [5, 5.41) is 17.9. The van der Waals surface area contributed by atoms with Crippen LogP contribution in [0.15, 0.2) is 0 Å². The van der Waals surface area contributed by atoms with E-state index in [9.17, 15) is 9.59 Å². The van der Waals surface area contributed by atoms with Crippen molar-refractivity contribution in [3.8, 4) is 0 Å². The smallest absolute Gasteiger partial charge is 0.305 e. The minimum absolute atomic E-state index is 0.0108. The van der Waals surface area contributed by atoms with E-state index >= 15 is 0 Å². The zero-order valence-corrected chi connectivity index (χ0v) is 14.6. The standard InChI is InChI=1S/C17H33NO5/c1-3-11-18(12-13-19)16(21)9-7-5-4-6-8-10-17(22)23-14-15(2)20/h15,19-20H,3-14H2,1-2H3. The summed E-state index contributed by atoms with van der Waals surface area (Å²) in [7, 11) is 0. The van der Waals surface area contributed by atoms with Crippen molar-refractivity contribution < 1.29 is 24.5 Å². The van der Waals surface area contributed by atoms with E-state index < -0.39 is 6.10 Å². The van der Waals surface area contributed by atoms with Crippen LogP contribution in [-0.4, -0.2) is 59.4 Å². The Labute approximate surface area is 139 Å². The average Bonchev–Trinajstić information content (AvgIpc) is 2.51. The van der Waals surface area contributed by atoms with Gasteiger partial charge in [-0.2, -0.15) is 0 Å². The first-order valence-electron chi connectivity index (χ1n) is 8.73. The zero-order chi connectivity index (χ0) is 17.5. The van der Waals surface area contributed by atoms with Crippen LogP contribution < -0.4 is 0 Å². The number of carbonyl (C=O) groups is 2. The van der Waals surface area contributed by atoms with E-state index in [1.54, 1.807) is 11.8 Å². The molecule has 0 aromatic carbocycles. The molecular formula is C17H33NO5. The van der Waals surface area contributed by atoms with Crippen molar-refractivity contribution in [2.24, 2.45) is 0 Å². The predicted molar refractivity (Wildman–Crippen MR) is 88.9 cm³/mol. The highest BCUT2D eigenvalue weighted by Gasteiger charge is 2.11. The molecule has 0 aliphatic heterocycles. The summed E-state index contributed by atoms with van der Waals surface area (Å²) in [5.41, 5.74) is 0. The van der Waals surface area contributed by atoms with Gasteiger partial charge in [0.1, 0.15) is 6.61 Å². The summed E-state index contributed by atoms with van der Waals surface area (Å²) >= 11 is 0. The lowest BCUT2D eigenvalue weighted by Crippen LogP contribution is -2.34. The molecule has 0 aliphatic carbocycles. The van der Waals surface area contributed by atoms with E-state index in [0.29, 0.717) is 25.9 Å². The van der Waals surface area contributed by atoms with Gasteiger partial charge in [-0.1, -0.05) is 26.2 Å². The number of hydrogen-bond donors (Lipinski definition) is 2. The number of hydrogen-bond acceptors (Lipinski definition) is 5. The van der Waals surface area contributed by atoms with Crippen molar-refractivity contribution in [2.75, 3.05) is 26.3 Å². The van der Waals surface area contributed by atoms with Crippen molar-refractivity contribution in [3.63, 3.8) is 0 Å². The molecule has 0 aromatic heterocycles. The van der Waals surface area contributed by atoms with E-state index in [-0.39, 0.29) is 25.1 Å². The van der Waals surface area contributed by atoms with Gasteiger partial charge in [0.25, 0.3) is 0 Å². The molecule has 2 N–H and O–H groups in total. The number of esters is 1. The molecule has 6 nitrogen and oxygen atoms in total. The van der Waals surface area contributed by atoms with Crippen LogP contribution in [0.25, 0.3) is 0 Å². The summed E-state index contributed by atoms with van der Waals surface area (Å²) in [5.74, 6) is -0.150. The van der Waals surface area contributed by atoms with Crippen molar-refractivity contribution in [1.82, 2.24) is 4.90 Å². The molecule has 23 heavy (non-hydrogen) atoms. The van der Waals surface area contributed by atoms with Crippen molar-refractivity contribution in [2.45, 2.75) is 71.3 Å². The van der Waals surface area contributed by atoms with Gasteiger partial charge in [-0.15, -0.1) is 0 Å². The maximum Gasteiger partial charge on any atom is 0.305 e. The topological polar surface area (TPSA) is 87.1 Å². The number of aliphatic hydroxyl groups is 2. The van der Waals surface area contributed by atoms with Gasteiger partial charge >= 0.3 is 5.97 Å². The molecule has 0 rings (SSSR count). The molecule has 0 heterocycles. The molecule has 0 saturated carbocycles. The van der Waals surface area contributed by atoms with Gasteiger partial charge in [0.15, 0.2) is 0 Å². The van der Waals surface area contributed by atoms with Crippen LogP contribution in [0.2, 0.25) is 0 Å². The molecule has 0 radical (unpaired) electrons. The highest BCUT2D eigenvalue weighted by atomic mass is 16.5. The molecule has 0 saturated heterocycles. The van der Waals surface area contributed by atoms with Gasteiger partial charge in [0, 0.05) is 25.9 Å². The first kappa shape index (κ1) is 21.9. The lowest BCUT2D eigenvalue weighted by molar-refractivity contribution is -0.146. The van der Waals surface area contributed by atoms with Gasteiger partial charge in [-0.3, -0.25) is 9.59 Å². The van der Waals surface area contributed by atoms with Crippen LogP contribution in [0.5, 0.6) is 0 Å². The van der Waals surface area contributed by atoms with Crippen molar-refractivity contribution in [3.05, 3.63) is 0 Å². The largest absolute Gasteiger partial charge is 0.463 e. The minimum atomic E-state index is -0.616. The number of amides is 1. The number of aliphatic hydroxyl groups excluding tert-OH is 2. The van der Waals surface area contributed by atoms with E-state index in [2.05, 4.69) is 0 Å². The van der Waals surface area contributed by atoms with Gasteiger partial charge in [-0.05, 0) is 26.2 Å². The SMILES string of the molecule is CCCN(CCO)C(=O)CCCCCCCC(=O)OCC(C)O. The molecule has 6 heteroatoms. The fourth-order valence-corrected chi connectivity index (χ4v) is 2.27. The Morgan fingerprint density at radius 1 is 1.04 bits per heavy atom. The average molecular weight is 331 g/mol. The highest BCUT2D eigenvalue weighted by molar-refractivity contribution is 5.76. The Morgan fingerprint density at radius 2 is 1.65 bits per heavy atom. The Bertz CT molecular complexity index is 314. The Balaban J connectivity index is 3.57. The fraction of sp³-hybridized carbons (Fsp3) is 0.882. The second-order valence-corrected chi connectivity index (χ2v) is 5.90. The maximum atomic E-state index is 12.0. The molecule has 1 amide bonds. The number of rotatable bonds is 14. The third-order valence-electron chi connectivity index (χ3n) is 3.47. The fourth-order valence-electron chi connectivity index (χ4n) is 2.27. The molecule has 0 bridgehead atoms. The molecular weight excluding hydrogens is 298 g/mol. The van der Waals surface area contributed by atoms with Crippen LogP contribution in [0.1, 0.15) is 65.2 Å². The third-order valence-corrected chi connectivity index (χ3v) is 3.47. The molecule has 0 spiro atoms. The van der Waals surface area contributed by atoms with Crippen LogP contribution in [0.3, 0.4) is 0 Å². The first-order valence-corrected chi connectivity index (χ1v) is 8.73. The van der Waals surface area contributed by atoms with Crippen LogP contribution in [0.4, 0.5) is 0 Å². The first-order chi connectivity index (χ1) is 11.0. The number of ether oxygens (including phenoxy) is 1. The predicted octanol–water partition coefficient (Wildman–Crippen LogP) is 1.87. The molecule has 136 valence electrons. The van der Waals surface area contributed by atoms with Crippen LogP contribution in [-0.2, 0) is 14.3 Å². The lowest BCUT2D eigenvalue weighted by atomic mass is 10.1. The van der Waals surface area contributed by atoms with Crippen LogP contribution >= 0.6 is 0 Å². The minimum Gasteiger partial charge on any atom is -0.463 e. The molecule has 1 unspecified atom stereocenters. The zero-order valence-electron chi connectivity index (χ0n) is 14.6. The summed E-state index contributed by atoms with van der Waals surface area (Å²) in [4.78, 5) is 25.0. The second-order valence-electron chi connectivity index (χ2n) is 5.90. The van der Waals surface area contributed by atoms with Crippen molar-refractivity contribution >= 4 is 11.9 Å². The van der Waals surface area contributed by atoms with Gasteiger partial charge in [-0.25, -0.2) is 0 Å². The van der Waals surface area contributed by atoms with E-state index in [1.165, 1.54) is 0 Å². The van der Waals surface area contributed by atoms with Gasteiger partial charge < -0.3 is 19.8 Å². The Kier molecular flexibility index (Phi) is 13.7. The van der Waals surface area contributed by atoms with Crippen LogP contribution in [0, 0.1) is 0 Å². The monoisotopic (exact) mass is 331 g/mol. The number of carbonyl (C=O) groups excluding carboxylic acids is 2. The summed E-state index contributed by atoms with van der Waals surface area (Å²) in [6, 6.07) is 0. The Hall–Kier alpha value is -1.14. The molecule has 0 aliphatic rings. The van der Waals surface area contributed by atoms with Gasteiger partial charge in [0.05, 0.1) is 12.7 Å². The summed E-state index contributed by atoms with van der Waals surface area (Å²) < 4.78 is 4.88. The van der Waals surface area contributed by atoms with Crippen molar-refractivity contribution in [1.29, 1.82) is 0 Å². The van der Waals surface area contributed by atoms with E-state index in [1.807, 2.05) is 6.92 Å². The normalized spacial score (nSPS) is 12.0. The van der Waals surface area contributed by atoms with E-state index in [0.717, 1.165) is 38.5 Å². The molecule has 1 atom stereocenters.